The molecule has 0 aliphatic rings. The van der Waals surface area contributed by atoms with Crippen LogP contribution in [0.5, 0.6) is 0 Å². The Balaban J connectivity index is 0.00000392. The number of nitrogens with one attached hydrogen (secondary N) is 2. The highest BCUT2D eigenvalue weighted by Crippen LogP contribution is 2.18. The smallest absolute Gasteiger partial charge is 0.242 e. The molecule has 2 aromatic rings. The molecule has 0 unspecified atom stereocenters. The number of nitrogens with zero attached hydrogens (tertiary/aromatic N) is 2. The van der Waals surface area contributed by atoms with Crippen LogP contribution in [0, 0.1) is 0 Å². The van der Waals surface area contributed by atoms with Crippen molar-refractivity contribution in [2.75, 3.05) is 27.7 Å². The van der Waals surface area contributed by atoms with E-state index < -0.39 is 10.0 Å². The maximum Gasteiger partial charge on any atom is 0.242 e. The summed E-state index contributed by atoms with van der Waals surface area (Å²) in [6.07, 6.45) is 0.823. The topological polar surface area (TPSA) is 73.8 Å². The number of benzene rings is 2. The van der Waals surface area contributed by atoms with Gasteiger partial charge in [-0.2, -0.15) is 0 Å². The minimum Gasteiger partial charge on any atom is -0.356 e. The number of guanidine groups is 1. The Bertz CT molecular complexity index is 887. The summed E-state index contributed by atoms with van der Waals surface area (Å²) in [5, 5.41) is 7.12. The Morgan fingerprint density at radius 1 is 1.07 bits per heavy atom. The van der Waals surface area contributed by atoms with Crippen molar-refractivity contribution in [1.29, 1.82) is 0 Å². The molecule has 154 valence electrons. The Morgan fingerprint density at radius 3 is 2.32 bits per heavy atom. The van der Waals surface area contributed by atoms with E-state index in [0.29, 0.717) is 29.5 Å². The molecule has 0 saturated carbocycles. The van der Waals surface area contributed by atoms with E-state index in [0.717, 1.165) is 11.4 Å². The standard InChI is InChI=1S/C19H25ClN4O2S.HI/c1-21-19(22-13-12-15-8-10-17(20)11-9-15)23-14-16-6-4-5-7-18(16)27(25,26)24(2)3;/h4-11H,12-14H2,1-3H3,(H2,21,22,23);1H. The zero-order chi connectivity index (χ0) is 19.9. The zero-order valence-electron chi connectivity index (χ0n) is 16.1. The van der Waals surface area contributed by atoms with E-state index in [4.69, 9.17) is 11.6 Å². The van der Waals surface area contributed by atoms with Gasteiger partial charge in [0.05, 0.1) is 4.90 Å². The first kappa shape index (κ1) is 24.7. The van der Waals surface area contributed by atoms with Gasteiger partial charge in [-0.3, -0.25) is 4.99 Å². The van der Waals surface area contributed by atoms with Crippen molar-refractivity contribution in [3.8, 4) is 0 Å². The van der Waals surface area contributed by atoms with Crippen LogP contribution in [0.15, 0.2) is 58.4 Å². The number of rotatable bonds is 7. The van der Waals surface area contributed by atoms with Crippen LogP contribution in [0.3, 0.4) is 0 Å². The van der Waals surface area contributed by atoms with Gasteiger partial charge in [0.1, 0.15) is 0 Å². The Kier molecular flexibility index (Phi) is 10.2. The summed E-state index contributed by atoms with van der Waals surface area (Å²) in [4.78, 5) is 4.48. The molecule has 0 aliphatic heterocycles. The number of halogens is 2. The third kappa shape index (κ3) is 6.91. The quantitative estimate of drug-likeness (QED) is 0.324. The largest absolute Gasteiger partial charge is 0.356 e. The molecule has 2 rings (SSSR count). The average molecular weight is 537 g/mol. The van der Waals surface area contributed by atoms with Crippen LogP contribution in [0.25, 0.3) is 0 Å². The highest BCUT2D eigenvalue weighted by molar-refractivity contribution is 14.0. The second kappa shape index (κ2) is 11.6. The van der Waals surface area contributed by atoms with Gasteiger partial charge < -0.3 is 10.6 Å². The molecule has 0 aliphatic carbocycles. The Morgan fingerprint density at radius 2 is 1.71 bits per heavy atom. The van der Waals surface area contributed by atoms with E-state index in [-0.39, 0.29) is 24.0 Å². The maximum atomic E-state index is 12.5. The maximum absolute atomic E-state index is 12.5. The van der Waals surface area contributed by atoms with Gasteiger partial charge in [0.25, 0.3) is 0 Å². The molecule has 0 aromatic heterocycles. The lowest BCUT2D eigenvalue weighted by Crippen LogP contribution is -2.38. The minimum absolute atomic E-state index is 0. The first-order valence-electron chi connectivity index (χ1n) is 8.54. The Labute approximate surface area is 189 Å². The van der Waals surface area contributed by atoms with Crippen LogP contribution < -0.4 is 10.6 Å². The van der Waals surface area contributed by atoms with Crippen molar-refractivity contribution >= 4 is 51.6 Å². The molecular weight excluding hydrogens is 511 g/mol. The molecule has 2 N–H and O–H groups in total. The van der Waals surface area contributed by atoms with Gasteiger partial charge >= 0.3 is 0 Å². The van der Waals surface area contributed by atoms with Crippen LogP contribution in [0.1, 0.15) is 11.1 Å². The van der Waals surface area contributed by atoms with Gasteiger partial charge in [-0.25, -0.2) is 12.7 Å². The van der Waals surface area contributed by atoms with E-state index in [1.165, 1.54) is 24.0 Å². The van der Waals surface area contributed by atoms with Gasteiger partial charge in [-0.15, -0.1) is 24.0 Å². The van der Waals surface area contributed by atoms with Gasteiger partial charge in [0.15, 0.2) is 5.96 Å². The lowest BCUT2D eigenvalue weighted by atomic mass is 10.1. The van der Waals surface area contributed by atoms with Gasteiger partial charge in [-0.1, -0.05) is 41.9 Å². The van der Waals surface area contributed by atoms with Crippen molar-refractivity contribution in [2.45, 2.75) is 17.9 Å². The van der Waals surface area contributed by atoms with Crippen LogP contribution in [0.4, 0.5) is 0 Å². The molecule has 9 heteroatoms. The molecule has 2 aromatic carbocycles. The highest BCUT2D eigenvalue weighted by atomic mass is 127. The first-order valence-corrected chi connectivity index (χ1v) is 10.4. The zero-order valence-corrected chi connectivity index (χ0v) is 20.0. The number of sulfonamides is 1. The third-order valence-corrected chi connectivity index (χ3v) is 6.19. The van der Waals surface area contributed by atoms with E-state index in [1.807, 2.05) is 30.3 Å². The fourth-order valence-corrected chi connectivity index (χ4v) is 3.72. The molecule has 0 fully saturated rings. The molecule has 0 atom stereocenters. The van der Waals surface area contributed by atoms with Crippen molar-refractivity contribution in [3.63, 3.8) is 0 Å². The summed E-state index contributed by atoms with van der Waals surface area (Å²) in [7, 11) is 1.23. The van der Waals surface area contributed by atoms with Crippen molar-refractivity contribution in [3.05, 3.63) is 64.7 Å². The van der Waals surface area contributed by atoms with Crippen LogP contribution in [-0.4, -0.2) is 46.4 Å². The molecule has 0 amide bonds. The van der Waals surface area contributed by atoms with Crippen LogP contribution in [-0.2, 0) is 23.0 Å². The fraction of sp³-hybridized carbons (Fsp3) is 0.316. The summed E-state index contributed by atoms with van der Waals surface area (Å²) in [5.74, 6) is 0.612. The Hall–Kier alpha value is -1.36. The number of hydrogen-bond acceptors (Lipinski definition) is 3. The van der Waals surface area contributed by atoms with Crippen molar-refractivity contribution < 1.29 is 8.42 Å². The van der Waals surface area contributed by atoms with Crippen LogP contribution in [0.2, 0.25) is 5.02 Å². The lowest BCUT2D eigenvalue weighted by molar-refractivity contribution is 0.519. The van der Waals surface area contributed by atoms with Crippen LogP contribution >= 0.6 is 35.6 Å². The predicted molar refractivity (Wildman–Crippen MR) is 126 cm³/mol. The summed E-state index contributed by atoms with van der Waals surface area (Å²) < 4.78 is 26.1. The fourth-order valence-electron chi connectivity index (χ4n) is 2.47. The van der Waals surface area contributed by atoms with E-state index in [9.17, 15) is 8.42 Å². The molecule has 28 heavy (non-hydrogen) atoms. The summed E-state index contributed by atoms with van der Waals surface area (Å²) in [5.41, 5.74) is 1.86. The molecule has 0 bridgehead atoms. The minimum atomic E-state index is -3.50. The molecule has 6 nitrogen and oxygen atoms in total. The molecule has 0 saturated heterocycles. The van der Waals surface area contributed by atoms with Gasteiger partial charge in [-0.05, 0) is 35.7 Å². The average Bonchev–Trinajstić information content (AvgIpc) is 2.66. The summed E-state index contributed by atoms with van der Waals surface area (Å²) >= 11 is 5.89. The van der Waals surface area contributed by atoms with E-state index in [1.54, 1.807) is 25.2 Å². The predicted octanol–water partition coefficient (Wildman–Crippen LogP) is 3.12. The van der Waals surface area contributed by atoms with Crippen molar-refractivity contribution in [1.82, 2.24) is 14.9 Å². The number of hydrogen-bond donors (Lipinski definition) is 2. The lowest BCUT2D eigenvalue weighted by Gasteiger charge is -2.17. The molecular formula is C19H26ClIN4O2S. The van der Waals surface area contributed by atoms with Gasteiger partial charge in [0.2, 0.25) is 10.0 Å². The second-order valence-electron chi connectivity index (χ2n) is 6.12. The summed E-state index contributed by atoms with van der Waals surface area (Å²) in [6.45, 7) is 1.04. The SMILES string of the molecule is CN=C(NCCc1ccc(Cl)cc1)NCc1ccccc1S(=O)(=O)N(C)C.I. The summed E-state index contributed by atoms with van der Waals surface area (Å²) in [6, 6.07) is 14.7. The monoisotopic (exact) mass is 536 g/mol. The molecule has 0 radical (unpaired) electrons. The van der Waals surface area contributed by atoms with Gasteiger partial charge in [0, 0.05) is 39.3 Å². The molecule has 0 spiro atoms. The van der Waals surface area contributed by atoms with Crippen molar-refractivity contribution in [2.24, 2.45) is 4.99 Å². The number of aliphatic imine (C=N–C) groups is 1. The molecule has 0 heterocycles. The third-order valence-electron chi connectivity index (χ3n) is 4.02. The second-order valence-corrected chi connectivity index (χ2v) is 8.68. The van der Waals surface area contributed by atoms with E-state index >= 15 is 0 Å². The normalized spacial score (nSPS) is 11.8. The van der Waals surface area contributed by atoms with E-state index in [2.05, 4.69) is 15.6 Å². The highest BCUT2D eigenvalue weighted by Gasteiger charge is 2.20. The first-order chi connectivity index (χ1) is 12.8.